The first kappa shape index (κ1) is 46.9. The number of aromatic carboxylic acids is 1. The summed E-state index contributed by atoms with van der Waals surface area (Å²) in [6, 6.07) is 23.1. The van der Waals surface area contributed by atoms with Gasteiger partial charge in [-0.2, -0.15) is 10.2 Å². The second-order valence-corrected chi connectivity index (χ2v) is 20.7. The number of piperidine rings is 1. The minimum Gasteiger partial charge on any atom is -0.478 e. The van der Waals surface area contributed by atoms with Gasteiger partial charge in [0, 0.05) is 28.8 Å². The number of carboxylic acid groups (broad SMARTS) is 1. The molecule has 0 radical (unpaired) electrons. The van der Waals surface area contributed by atoms with Crippen molar-refractivity contribution in [2.75, 3.05) is 28.5 Å². The SMILES string of the molecule is Cc1cc(C)n2nc([C@@H]3CCCCN3)cc2c1.Cc1ccc(NS(C)(=O)=O)c(C(=O)C2CCCC[C@H]2c2cc3cc(C)cc(C)n3n2)c1.Cc1ccc(NS(C)(=O)=O)c(C(=O)O)c1. The van der Waals surface area contributed by atoms with Crippen LogP contribution in [0.2, 0.25) is 0 Å². The highest BCUT2D eigenvalue weighted by Crippen LogP contribution is 2.41. The van der Waals surface area contributed by atoms with E-state index < -0.39 is 26.0 Å². The first-order valence-corrected chi connectivity index (χ1v) is 25.1. The van der Waals surface area contributed by atoms with Crippen LogP contribution in [0.3, 0.4) is 0 Å². The van der Waals surface area contributed by atoms with Crippen LogP contribution in [0.15, 0.2) is 72.8 Å². The van der Waals surface area contributed by atoms with Crippen LogP contribution in [-0.4, -0.2) is 72.0 Å². The summed E-state index contributed by atoms with van der Waals surface area (Å²) in [5.74, 6) is -1.37. The summed E-state index contributed by atoms with van der Waals surface area (Å²) in [6.45, 7) is 13.1. The average Bonchev–Trinajstić information content (AvgIpc) is 3.84. The molecule has 4 aromatic heterocycles. The van der Waals surface area contributed by atoms with E-state index in [-0.39, 0.29) is 28.9 Å². The zero-order chi connectivity index (χ0) is 45.8. The van der Waals surface area contributed by atoms with Crippen LogP contribution in [-0.2, 0) is 20.0 Å². The highest BCUT2D eigenvalue weighted by atomic mass is 32.2. The fourth-order valence-electron chi connectivity index (χ4n) is 8.66. The Morgan fingerprint density at radius 3 is 1.63 bits per heavy atom. The third kappa shape index (κ3) is 12.1. The Kier molecular flexibility index (Phi) is 14.5. The van der Waals surface area contributed by atoms with Crippen molar-refractivity contribution < 1.29 is 31.5 Å². The number of pyridine rings is 2. The van der Waals surface area contributed by atoms with E-state index in [1.54, 1.807) is 25.1 Å². The number of fused-ring (bicyclic) bond motifs is 2. The molecule has 1 saturated heterocycles. The zero-order valence-electron chi connectivity index (χ0n) is 37.3. The highest BCUT2D eigenvalue weighted by Gasteiger charge is 2.35. The number of Topliss-reactive ketones (excluding diaryl/α,β-unsaturated/α-hetero) is 1. The lowest BCUT2D eigenvalue weighted by atomic mass is 9.73. The van der Waals surface area contributed by atoms with Crippen LogP contribution in [0.5, 0.6) is 0 Å². The summed E-state index contributed by atoms with van der Waals surface area (Å²) in [6.07, 6.45) is 9.61. The van der Waals surface area contributed by atoms with Crippen molar-refractivity contribution in [3.63, 3.8) is 0 Å². The van der Waals surface area contributed by atoms with Crippen LogP contribution in [0.4, 0.5) is 11.4 Å². The smallest absolute Gasteiger partial charge is 0.337 e. The number of sulfonamides is 2. The molecule has 16 heteroatoms. The molecular weight excluding hydrogens is 839 g/mol. The Hall–Kier alpha value is -5.58. The molecule has 2 aliphatic rings. The van der Waals surface area contributed by atoms with Gasteiger partial charge in [-0.1, -0.05) is 42.5 Å². The third-order valence-electron chi connectivity index (χ3n) is 11.4. The number of carbonyl (C=O) groups is 2. The molecule has 1 saturated carbocycles. The summed E-state index contributed by atoms with van der Waals surface area (Å²) in [5.41, 5.74) is 11.7. The van der Waals surface area contributed by atoms with Gasteiger partial charge in [-0.25, -0.2) is 30.7 Å². The molecule has 14 nitrogen and oxygen atoms in total. The summed E-state index contributed by atoms with van der Waals surface area (Å²) < 4.78 is 54.3. The number of nitrogens with one attached hydrogen (secondary N) is 3. The first-order chi connectivity index (χ1) is 29.7. The predicted octanol–water partition coefficient (Wildman–Crippen LogP) is 8.62. The lowest BCUT2D eigenvalue weighted by molar-refractivity contribution is 0.0697. The second kappa shape index (κ2) is 19.4. The van der Waals surface area contributed by atoms with E-state index in [2.05, 4.69) is 76.4 Å². The Morgan fingerprint density at radius 2 is 1.11 bits per heavy atom. The van der Waals surface area contributed by atoms with Crippen LogP contribution in [0.1, 0.15) is 123 Å². The van der Waals surface area contributed by atoms with Gasteiger partial charge in [-0.3, -0.25) is 14.2 Å². The zero-order valence-corrected chi connectivity index (χ0v) is 39.0. The molecular formula is C47H59N7O7S2. The molecule has 5 heterocycles. The van der Waals surface area contributed by atoms with Gasteiger partial charge >= 0.3 is 5.97 Å². The van der Waals surface area contributed by atoms with Crippen LogP contribution < -0.4 is 14.8 Å². The summed E-state index contributed by atoms with van der Waals surface area (Å²) >= 11 is 0. The van der Waals surface area contributed by atoms with Gasteiger partial charge in [0.1, 0.15) is 0 Å². The van der Waals surface area contributed by atoms with Crippen LogP contribution in [0, 0.1) is 47.5 Å². The topological polar surface area (TPSA) is 193 Å². The summed E-state index contributed by atoms with van der Waals surface area (Å²) in [4.78, 5) is 24.5. The van der Waals surface area contributed by atoms with Crippen molar-refractivity contribution in [1.82, 2.24) is 24.5 Å². The van der Waals surface area contributed by atoms with E-state index in [0.717, 1.165) is 72.8 Å². The second-order valence-electron chi connectivity index (χ2n) is 17.2. The highest BCUT2D eigenvalue weighted by molar-refractivity contribution is 7.92. The normalized spacial score (nSPS) is 17.9. The van der Waals surface area contributed by atoms with E-state index in [1.807, 2.05) is 24.4 Å². The van der Waals surface area contributed by atoms with Gasteiger partial charge in [0.15, 0.2) is 5.78 Å². The Bertz CT molecular complexity index is 2880. The molecule has 8 rings (SSSR count). The fraction of sp³-hybridized carbons (Fsp3) is 0.404. The van der Waals surface area contributed by atoms with Crippen molar-refractivity contribution in [2.24, 2.45) is 5.92 Å². The molecule has 2 aromatic carbocycles. The lowest BCUT2D eigenvalue weighted by Crippen LogP contribution is -2.27. The largest absolute Gasteiger partial charge is 0.478 e. The molecule has 1 aliphatic carbocycles. The number of rotatable bonds is 9. The average molecular weight is 898 g/mol. The number of hydrogen-bond donors (Lipinski definition) is 4. The van der Waals surface area contributed by atoms with Gasteiger partial charge in [0.05, 0.1) is 57.9 Å². The number of aryl methyl sites for hydroxylation is 6. The molecule has 0 spiro atoms. The van der Waals surface area contributed by atoms with Crippen molar-refractivity contribution in [2.45, 2.75) is 98.4 Å². The molecule has 0 amide bonds. The van der Waals surface area contributed by atoms with E-state index in [4.69, 9.17) is 15.3 Å². The van der Waals surface area contributed by atoms with Crippen molar-refractivity contribution in [3.05, 3.63) is 129 Å². The number of ketones is 1. The number of benzene rings is 2. The first-order valence-electron chi connectivity index (χ1n) is 21.3. The number of aromatic nitrogens is 4. The monoisotopic (exact) mass is 897 g/mol. The van der Waals surface area contributed by atoms with E-state index in [9.17, 15) is 26.4 Å². The molecule has 2 fully saturated rings. The maximum absolute atomic E-state index is 13.7. The molecule has 1 aliphatic heterocycles. The van der Waals surface area contributed by atoms with Gasteiger partial charge < -0.3 is 10.4 Å². The summed E-state index contributed by atoms with van der Waals surface area (Å²) in [5, 5.41) is 22.0. The van der Waals surface area contributed by atoms with E-state index >= 15 is 0 Å². The number of carbonyl (C=O) groups excluding carboxylic acids is 1. The Labute approximate surface area is 370 Å². The molecule has 4 N–H and O–H groups in total. The predicted molar refractivity (Wildman–Crippen MR) is 249 cm³/mol. The van der Waals surface area contributed by atoms with Crippen molar-refractivity contribution in [3.8, 4) is 0 Å². The fourth-order valence-corrected chi connectivity index (χ4v) is 9.81. The van der Waals surface area contributed by atoms with E-state index in [1.165, 1.54) is 59.4 Å². The van der Waals surface area contributed by atoms with Gasteiger partial charge in [0.25, 0.3) is 0 Å². The Morgan fingerprint density at radius 1 is 0.619 bits per heavy atom. The minimum absolute atomic E-state index is 0.00971. The minimum atomic E-state index is -3.49. The van der Waals surface area contributed by atoms with Gasteiger partial charge in [-0.05, 0) is 146 Å². The number of anilines is 2. The molecule has 6 aromatic rings. The molecule has 1 unspecified atom stereocenters. The molecule has 336 valence electrons. The standard InChI is InChI=1S/C24H29N3O3S.C14H19N3.C9H11NO4S/c1-15-9-10-22(26-31(4,29)30)21(13-15)24(28)20-8-6-5-7-19(20)23-14-18-12-16(2)11-17(3)27(18)25-23;1-10-7-11(2)17-12(8-10)9-14(16-17)13-5-3-4-6-15-13;1-6-3-4-8(10-15(2,13)14)7(5-6)9(11)12/h9-14,19-20,26H,5-8H2,1-4H3;7-9,13,15H,3-6H2,1-2H3;3-5,10H,1-2H3,(H,11,12)/t19-,20?;13-;/m10./s1. The number of nitrogens with zero attached hydrogens (tertiary/aromatic N) is 4. The molecule has 63 heavy (non-hydrogen) atoms. The van der Waals surface area contributed by atoms with Gasteiger partial charge in [-0.15, -0.1) is 0 Å². The number of hydrogen-bond acceptors (Lipinski definition) is 9. The molecule has 0 bridgehead atoms. The number of carboxylic acids is 1. The quantitative estimate of drug-likeness (QED) is 0.102. The van der Waals surface area contributed by atoms with Crippen molar-refractivity contribution in [1.29, 1.82) is 0 Å². The molecule has 3 atom stereocenters. The van der Waals surface area contributed by atoms with Crippen LogP contribution in [0.25, 0.3) is 11.0 Å². The third-order valence-corrected chi connectivity index (χ3v) is 12.6. The lowest BCUT2D eigenvalue weighted by Gasteiger charge is -2.30. The maximum atomic E-state index is 13.7. The summed E-state index contributed by atoms with van der Waals surface area (Å²) in [7, 11) is -6.95. The maximum Gasteiger partial charge on any atom is 0.337 e. The van der Waals surface area contributed by atoms with Crippen molar-refractivity contribution >= 4 is 54.2 Å². The van der Waals surface area contributed by atoms with Crippen LogP contribution >= 0.6 is 0 Å². The van der Waals surface area contributed by atoms with E-state index in [0.29, 0.717) is 17.3 Å². The Balaban J connectivity index is 0.000000174. The van der Waals surface area contributed by atoms with Gasteiger partial charge in [0.2, 0.25) is 20.0 Å².